The molecule has 0 aliphatic rings. The number of hydrazone groups is 1. The molecule has 0 unspecified atom stereocenters. The van der Waals surface area contributed by atoms with Gasteiger partial charge in [-0.2, -0.15) is 5.10 Å². The van der Waals surface area contributed by atoms with Gasteiger partial charge in [-0.25, -0.2) is 5.43 Å². The number of carbonyl (C=O) groups excluding carboxylic acids is 1. The average molecular weight is 304 g/mol. The predicted molar refractivity (Wildman–Crippen MR) is 80.1 cm³/mol. The summed E-state index contributed by atoms with van der Waals surface area (Å²) in [5.41, 5.74) is 3.19. The van der Waals surface area contributed by atoms with Crippen LogP contribution in [0.4, 0.5) is 0 Å². The second-order valence-corrected chi connectivity index (χ2v) is 4.41. The van der Waals surface area contributed by atoms with E-state index in [4.69, 9.17) is 4.74 Å². The number of phenols is 1. The maximum atomic E-state index is 11.6. The van der Waals surface area contributed by atoms with Crippen LogP contribution in [0.25, 0.3) is 0 Å². The number of amides is 1. The molecule has 8 heteroatoms. The lowest BCUT2D eigenvalue weighted by Crippen LogP contribution is -2.20. The van der Waals surface area contributed by atoms with Crippen molar-refractivity contribution in [3.63, 3.8) is 0 Å². The van der Waals surface area contributed by atoms with Crippen molar-refractivity contribution in [1.29, 1.82) is 0 Å². The summed E-state index contributed by atoms with van der Waals surface area (Å²) in [7, 11) is 0. The molecular formula is C14H16N4O4. The Bertz CT molecular complexity index is 732. The fourth-order valence-electron chi connectivity index (χ4n) is 1.74. The molecule has 0 spiro atoms. The third kappa shape index (κ3) is 4.23. The number of aromatic amines is 2. The Balaban J connectivity index is 1.93. The van der Waals surface area contributed by atoms with Crippen LogP contribution in [0.15, 0.2) is 34.2 Å². The van der Waals surface area contributed by atoms with E-state index >= 15 is 0 Å². The van der Waals surface area contributed by atoms with Crippen LogP contribution in [0, 0.1) is 0 Å². The largest absolute Gasteiger partial charge is 0.504 e. The highest BCUT2D eigenvalue weighted by Crippen LogP contribution is 2.26. The first kappa shape index (κ1) is 15.4. The van der Waals surface area contributed by atoms with E-state index in [0.29, 0.717) is 23.6 Å². The lowest BCUT2D eigenvalue weighted by molar-refractivity contribution is -0.120. The van der Waals surface area contributed by atoms with Crippen molar-refractivity contribution < 1.29 is 14.6 Å². The highest BCUT2D eigenvalue weighted by atomic mass is 16.5. The highest BCUT2D eigenvalue weighted by molar-refractivity contribution is 5.83. The zero-order valence-corrected chi connectivity index (χ0v) is 11.9. The minimum absolute atomic E-state index is 0.00978. The van der Waals surface area contributed by atoms with Gasteiger partial charge in [-0.15, -0.1) is 0 Å². The van der Waals surface area contributed by atoms with E-state index in [1.807, 2.05) is 6.92 Å². The Hall–Kier alpha value is -3.03. The minimum Gasteiger partial charge on any atom is -0.504 e. The number of rotatable bonds is 6. The normalized spacial score (nSPS) is 10.8. The molecule has 0 saturated carbocycles. The van der Waals surface area contributed by atoms with Crippen LogP contribution in [0.5, 0.6) is 11.5 Å². The van der Waals surface area contributed by atoms with Crippen LogP contribution >= 0.6 is 0 Å². The topological polar surface area (TPSA) is 120 Å². The van der Waals surface area contributed by atoms with E-state index in [1.165, 1.54) is 18.3 Å². The maximum absolute atomic E-state index is 11.6. The molecule has 0 radical (unpaired) electrons. The molecule has 116 valence electrons. The number of aromatic nitrogens is 2. The number of phenolic OH excluding ortho intramolecular Hbond substituents is 1. The van der Waals surface area contributed by atoms with Crippen LogP contribution in [-0.4, -0.2) is 34.0 Å². The fourth-order valence-corrected chi connectivity index (χ4v) is 1.74. The first-order chi connectivity index (χ1) is 10.6. The van der Waals surface area contributed by atoms with Crippen LogP contribution in [0.2, 0.25) is 0 Å². The number of carbonyl (C=O) groups is 1. The van der Waals surface area contributed by atoms with Crippen LogP contribution in [-0.2, 0) is 11.2 Å². The van der Waals surface area contributed by atoms with Gasteiger partial charge in [-0.3, -0.25) is 14.7 Å². The minimum atomic E-state index is -0.365. The molecule has 0 saturated heterocycles. The summed E-state index contributed by atoms with van der Waals surface area (Å²) in [6.45, 7) is 2.24. The van der Waals surface area contributed by atoms with Gasteiger partial charge in [0.15, 0.2) is 11.5 Å². The Labute approximate surface area is 125 Å². The Morgan fingerprint density at radius 3 is 2.91 bits per heavy atom. The van der Waals surface area contributed by atoms with Gasteiger partial charge in [-0.05, 0) is 30.7 Å². The number of nitrogens with one attached hydrogen (secondary N) is 3. The van der Waals surface area contributed by atoms with Gasteiger partial charge in [0.05, 0.1) is 19.2 Å². The first-order valence-corrected chi connectivity index (χ1v) is 6.62. The van der Waals surface area contributed by atoms with E-state index < -0.39 is 0 Å². The highest BCUT2D eigenvalue weighted by Gasteiger charge is 2.05. The third-order valence-corrected chi connectivity index (χ3v) is 2.69. The van der Waals surface area contributed by atoms with Crippen molar-refractivity contribution in [3.05, 3.63) is 45.9 Å². The summed E-state index contributed by atoms with van der Waals surface area (Å²) >= 11 is 0. The van der Waals surface area contributed by atoms with E-state index in [2.05, 4.69) is 20.7 Å². The van der Waals surface area contributed by atoms with Crippen molar-refractivity contribution in [2.24, 2.45) is 5.10 Å². The molecule has 8 nitrogen and oxygen atoms in total. The molecular weight excluding hydrogens is 288 g/mol. The quantitative estimate of drug-likeness (QED) is 0.459. The Morgan fingerprint density at radius 1 is 1.41 bits per heavy atom. The number of aromatic hydroxyl groups is 1. The van der Waals surface area contributed by atoms with Crippen LogP contribution in [0.1, 0.15) is 18.2 Å². The molecule has 4 N–H and O–H groups in total. The summed E-state index contributed by atoms with van der Waals surface area (Å²) in [5.74, 6) is 0.0254. The smallest absolute Gasteiger partial charge is 0.264 e. The van der Waals surface area contributed by atoms with E-state index in [-0.39, 0.29) is 23.6 Å². The third-order valence-electron chi connectivity index (χ3n) is 2.69. The number of hydrogen-bond donors (Lipinski definition) is 4. The molecule has 1 heterocycles. The fraction of sp³-hybridized carbons (Fsp3) is 0.214. The van der Waals surface area contributed by atoms with Crippen molar-refractivity contribution in [2.75, 3.05) is 6.61 Å². The Morgan fingerprint density at radius 2 is 2.23 bits per heavy atom. The summed E-state index contributed by atoms with van der Waals surface area (Å²) in [4.78, 5) is 22.5. The molecule has 0 fully saturated rings. The number of benzene rings is 1. The van der Waals surface area contributed by atoms with Gasteiger partial charge in [0.1, 0.15) is 0 Å². The summed E-state index contributed by atoms with van der Waals surface area (Å²) < 4.78 is 5.25. The molecule has 1 aromatic heterocycles. The molecule has 0 aliphatic carbocycles. The van der Waals surface area contributed by atoms with Crippen LogP contribution < -0.4 is 15.7 Å². The van der Waals surface area contributed by atoms with Gasteiger partial charge in [0.25, 0.3) is 5.56 Å². The number of nitrogens with zero attached hydrogens (tertiary/aromatic N) is 1. The monoisotopic (exact) mass is 304 g/mol. The zero-order valence-electron chi connectivity index (χ0n) is 11.9. The molecule has 2 aromatic rings. The zero-order chi connectivity index (χ0) is 15.9. The molecule has 1 aromatic carbocycles. The van der Waals surface area contributed by atoms with Crippen molar-refractivity contribution in [2.45, 2.75) is 13.3 Å². The Kier molecular flexibility index (Phi) is 4.97. The molecule has 1 amide bonds. The summed E-state index contributed by atoms with van der Waals surface area (Å²) in [6, 6.07) is 6.03. The van der Waals surface area contributed by atoms with Crippen molar-refractivity contribution >= 4 is 12.1 Å². The summed E-state index contributed by atoms with van der Waals surface area (Å²) in [6.07, 6.45) is 1.44. The number of H-pyrrole nitrogens is 2. The lowest BCUT2D eigenvalue weighted by atomic mass is 10.2. The molecule has 22 heavy (non-hydrogen) atoms. The number of hydrogen-bond acceptors (Lipinski definition) is 5. The summed E-state index contributed by atoms with van der Waals surface area (Å²) in [5, 5.41) is 18.3. The molecule has 2 rings (SSSR count). The standard InChI is InChI=1S/C14H16N4O4/c1-2-22-12-5-9(3-4-11(12)19)8-15-17-13(20)6-10-7-14(21)18-16-10/h3-5,7-8,19H,2,6H2,1H3,(H,17,20)(H2,16,18,21)/b15-8+. The second kappa shape index (κ2) is 7.11. The van der Waals surface area contributed by atoms with E-state index in [0.717, 1.165) is 0 Å². The van der Waals surface area contributed by atoms with Crippen molar-refractivity contribution in [1.82, 2.24) is 15.6 Å². The van der Waals surface area contributed by atoms with E-state index in [9.17, 15) is 14.7 Å². The second-order valence-electron chi connectivity index (χ2n) is 4.41. The lowest BCUT2D eigenvalue weighted by Gasteiger charge is -2.05. The number of ether oxygens (including phenoxy) is 1. The van der Waals surface area contributed by atoms with E-state index in [1.54, 1.807) is 12.1 Å². The van der Waals surface area contributed by atoms with Gasteiger partial charge in [0.2, 0.25) is 5.91 Å². The molecule has 0 atom stereocenters. The SMILES string of the molecule is CCOc1cc(/C=N/NC(=O)Cc2cc(=O)[nH][nH]2)ccc1O. The van der Waals surface area contributed by atoms with Crippen LogP contribution in [0.3, 0.4) is 0 Å². The van der Waals surface area contributed by atoms with Crippen molar-refractivity contribution in [3.8, 4) is 11.5 Å². The molecule has 0 aliphatic heterocycles. The predicted octanol–water partition coefficient (Wildman–Crippen LogP) is 0.500. The van der Waals surface area contributed by atoms with Gasteiger partial charge in [0, 0.05) is 11.8 Å². The van der Waals surface area contributed by atoms with Gasteiger partial charge in [-0.1, -0.05) is 0 Å². The van der Waals surface area contributed by atoms with Gasteiger partial charge < -0.3 is 14.9 Å². The van der Waals surface area contributed by atoms with Gasteiger partial charge >= 0.3 is 0 Å². The first-order valence-electron chi connectivity index (χ1n) is 6.62. The molecule has 0 bridgehead atoms. The maximum Gasteiger partial charge on any atom is 0.264 e. The average Bonchev–Trinajstić information content (AvgIpc) is 2.88.